The fourth-order valence-electron chi connectivity index (χ4n) is 2.79. The molecule has 3 aromatic heterocycles. The van der Waals surface area contributed by atoms with Crippen LogP contribution in [0.25, 0.3) is 34.2 Å². The molecular formula is C21H17N7O3. The van der Waals surface area contributed by atoms with Crippen molar-refractivity contribution in [2.45, 2.75) is 6.92 Å². The normalized spacial score (nSPS) is 10.5. The minimum absolute atomic E-state index is 0.205. The van der Waals surface area contributed by atoms with Crippen LogP contribution < -0.4 is 10.6 Å². The van der Waals surface area contributed by atoms with E-state index in [1.54, 1.807) is 6.07 Å². The van der Waals surface area contributed by atoms with Gasteiger partial charge in [0.05, 0.1) is 23.7 Å². The smallest absolute Gasteiger partial charge is 0.320 e. The number of rotatable bonds is 6. The van der Waals surface area contributed by atoms with E-state index in [0.717, 1.165) is 5.56 Å². The molecule has 0 atom stereocenters. The molecule has 10 nitrogen and oxygen atoms in total. The third kappa shape index (κ3) is 4.42. The summed E-state index contributed by atoms with van der Waals surface area (Å²) >= 11 is 0. The lowest BCUT2D eigenvalue weighted by Crippen LogP contribution is -2.28. The van der Waals surface area contributed by atoms with Crippen LogP contribution in [0, 0.1) is 0 Å². The van der Waals surface area contributed by atoms with Gasteiger partial charge in [-0.3, -0.25) is 15.1 Å². The molecular weight excluding hydrogens is 398 g/mol. The Morgan fingerprint density at radius 2 is 1.81 bits per heavy atom. The Balaban J connectivity index is 1.77. The van der Waals surface area contributed by atoms with Gasteiger partial charge in [-0.25, -0.2) is 14.8 Å². The molecule has 10 heteroatoms. The SMILES string of the molecule is CCNC(=O)Nc1cc(-c2nnc(-c3ccccc3)o2)c(-c2cnc(C=O)cn2)cn1. The third-order valence-electron chi connectivity index (χ3n) is 4.23. The van der Waals surface area contributed by atoms with Crippen LogP contribution in [0.5, 0.6) is 0 Å². The molecule has 31 heavy (non-hydrogen) atoms. The van der Waals surface area contributed by atoms with Crippen LogP contribution in [-0.2, 0) is 0 Å². The lowest BCUT2D eigenvalue weighted by Gasteiger charge is -2.09. The Morgan fingerprint density at radius 3 is 2.52 bits per heavy atom. The number of amides is 2. The Bertz CT molecular complexity index is 1210. The molecule has 0 bridgehead atoms. The van der Waals surface area contributed by atoms with Crippen molar-refractivity contribution in [2.24, 2.45) is 0 Å². The third-order valence-corrected chi connectivity index (χ3v) is 4.23. The van der Waals surface area contributed by atoms with Gasteiger partial charge in [0, 0.05) is 23.9 Å². The Hall–Kier alpha value is -4.47. The van der Waals surface area contributed by atoms with Gasteiger partial charge >= 0.3 is 6.03 Å². The Labute approximate surface area is 176 Å². The maximum atomic E-state index is 11.9. The van der Waals surface area contributed by atoms with Crippen molar-refractivity contribution in [1.82, 2.24) is 30.5 Å². The molecule has 0 spiro atoms. The maximum Gasteiger partial charge on any atom is 0.320 e. The molecule has 4 rings (SSSR count). The first-order valence-electron chi connectivity index (χ1n) is 9.39. The molecule has 0 saturated heterocycles. The zero-order valence-electron chi connectivity index (χ0n) is 16.4. The predicted octanol–water partition coefficient (Wildman–Crippen LogP) is 3.21. The van der Waals surface area contributed by atoms with Crippen molar-refractivity contribution in [3.8, 4) is 34.2 Å². The number of anilines is 1. The molecule has 4 aromatic rings. The van der Waals surface area contributed by atoms with E-state index in [2.05, 4.69) is 35.8 Å². The van der Waals surface area contributed by atoms with Gasteiger partial charge in [-0.1, -0.05) is 18.2 Å². The largest absolute Gasteiger partial charge is 0.416 e. The molecule has 0 aliphatic carbocycles. The van der Waals surface area contributed by atoms with Crippen LogP contribution in [0.2, 0.25) is 0 Å². The summed E-state index contributed by atoms with van der Waals surface area (Å²) in [5, 5.41) is 13.6. The summed E-state index contributed by atoms with van der Waals surface area (Å²) < 4.78 is 5.89. The summed E-state index contributed by atoms with van der Waals surface area (Å²) in [4.78, 5) is 35.4. The fourth-order valence-corrected chi connectivity index (χ4v) is 2.79. The van der Waals surface area contributed by atoms with Gasteiger partial charge in [-0.15, -0.1) is 10.2 Å². The van der Waals surface area contributed by atoms with Crippen molar-refractivity contribution in [2.75, 3.05) is 11.9 Å². The number of aromatic nitrogens is 5. The minimum atomic E-state index is -0.390. The highest BCUT2D eigenvalue weighted by molar-refractivity contribution is 5.90. The molecule has 0 radical (unpaired) electrons. The number of aldehydes is 1. The van der Waals surface area contributed by atoms with E-state index >= 15 is 0 Å². The molecule has 2 amide bonds. The number of pyridine rings is 1. The number of carbonyl (C=O) groups excluding carboxylic acids is 2. The summed E-state index contributed by atoms with van der Waals surface area (Å²) in [5.41, 5.74) is 2.49. The average Bonchev–Trinajstić information content (AvgIpc) is 3.30. The van der Waals surface area contributed by atoms with Crippen LogP contribution in [0.1, 0.15) is 17.4 Å². The summed E-state index contributed by atoms with van der Waals surface area (Å²) in [6.45, 7) is 2.28. The first kappa shape index (κ1) is 19.8. The van der Waals surface area contributed by atoms with E-state index in [-0.39, 0.29) is 17.6 Å². The summed E-state index contributed by atoms with van der Waals surface area (Å²) in [6, 6.07) is 10.6. The van der Waals surface area contributed by atoms with Gasteiger partial charge in [0.25, 0.3) is 0 Å². The van der Waals surface area contributed by atoms with Crippen molar-refractivity contribution < 1.29 is 14.0 Å². The van der Waals surface area contributed by atoms with Crippen LogP contribution in [0.3, 0.4) is 0 Å². The van der Waals surface area contributed by atoms with Crippen LogP contribution in [0.15, 0.2) is 59.4 Å². The molecule has 0 aliphatic heterocycles. The summed E-state index contributed by atoms with van der Waals surface area (Å²) in [7, 11) is 0. The first-order chi connectivity index (χ1) is 15.2. The number of carbonyl (C=O) groups is 2. The maximum absolute atomic E-state index is 11.9. The molecule has 1 aromatic carbocycles. The highest BCUT2D eigenvalue weighted by Gasteiger charge is 2.18. The number of benzene rings is 1. The molecule has 0 saturated carbocycles. The van der Waals surface area contributed by atoms with Crippen LogP contribution in [-0.4, -0.2) is 44.0 Å². The van der Waals surface area contributed by atoms with Crippen LogP contribution in [0.4, 0.5) is 10.6 Å². The quantitative estimate of drug-likeness (QED) is 0.458. The predicted molar refractivity (Wildman–Crippen MR) is 112 cm³/mol. The molecule has 154 valence electrons. The zero-order valence-corrected chi connectivity index (χ0v) is 16.4. The first-order valence-corrected chi connectivity index (χ1v) is 9.39. The second-order valence-corrected chi connectivity index (χ2v) is 6.32. The number of nitrogens with zero attached hydrogens (tertiary/aromatic N) is 5. The lowest BCUT2D eigenvalue weighted by atomic mass is 10.1. The van der Waals surface area contributed by atoms with Crippen molar-refractivity contribution in [3.63, 3.8) is 0 Å². The van der Waals surface area contributed by atoms with Gasteiger partial charge in [0.1, 0.15) is 11.5 Å². The van der Waals surface area contributed by atoms with E-state index in [1.165, 1.54) is 18.6 Å². The van der Waals surface area contributed by atoms with Crippen molar-refractivity contribution >= 4 is 18.1 Å². The molecule has 0 fully saturated rings. The topological polar surface area (TPSA) is 136 Å². The second kappa shape index (κ2) is 8.91. The van der Waals surface area contributed by atoms with Crippen molar-refractivity contribution in [1.29, 1.82) is 0 Å². The number of hydrogen-bond donors (Lipinski definition) is 2. The van der Waals surface area contributed by atoms with Gasteiger partial charge < -0.3 is 9.73 Å². The fraction of sp³-hybridized carbons (Fsp3) is 0.0952. The summed E-state index contributed by atoms with van der Waals surface area (Å²) in [5.74, 6) is 0.858. The van der Waals surface area contributed by atoms with Gasteiger partial charge in [-0.05, 0) is 25.1 Å². The molecule has 0 aliphatic rings. The number of hydrogen-bond acceptors (Lipinski definition) is 8. The van der Waals surface area contributed by atoms with Gasteiger partial charge in [-0.2, -0.15) is 0 Å². The monoisotopic (exact) mass is 415 g/mol. The molecule has 3 heterocycles. The molecule has 0 unspecified atom stereocenters. The number of nitrogens with one attached hydrogen (secondary N) is 2. The highest BCUT2D eigenvalue weighted by Crippen LogP contribution is 2.32. The highest BCUT2D eigenvalue weighted by atomic mass is 16.4. The molecule has 2 N–H and O–H groups in total. The van der Waals surface area contributed by atoms with Crippen molar-refractivity contribution in [3.05, 3.63) is 60.7 Å². The summed E-state index contributed by atoms with van der Waals surface area (Å²) in [6.07, 6.45) is 4.94. The van der Waals surface area contributed by atoms with E-state index in [1.807, 2.05) is 37.3 Å². The van der Waals surface area contributed by atoms with E-state index in [4.69, 9.17) is 4.42 Å². The van der Waals surface area contributed by atoms with E-state index < -0.39 is 0 Å². The van der Waals surface area contributed by atoms with E-state index in [0.29, 0.717) is 41.4 Å². The standard InChI is InChI=1S/C21H17N7O3/c1-2-22-21(30)26-18-8-15(16(10-25-18)17-11-23-14(12-29)9-24-17)20-28-27-19(31-20)13-6-4-3-5-7-13/h3-12H,2H2,1H3,(H2,22,25,26,30). The van der Waals surface area contributed by atoms with E-state index in [9.17, 15) is 9.59 Å². The Morgan fingerprint density at radius 1 is 1.00 bits per heavy atom. The second-order valence-electron chi connectivity index (χ2n) is 6.32. The average molecular weight is 415 g/mol. The van der Waals surface area contributed by atoms with Gasteiger partial charge in [0.2, 0.25) is 11.8 Å². The zero-order chi connectivity index (χ0) is 21.6. The Kier molecular flexibility index (Phi) is 5.70. The number of urea groups is 1. The van der Waals surface area contributed by atoms with Crippen LogP contribution >= 0.6 is 0 Å². The van der Waals surface area contributed by atoms with Gasteiger partial charge in [0.15, 0.2) is 6.29 Å². The lowest BCUT2D eigenvalue weighted by molar-refractivity contribution is 0.111. The minimum Gasteiger partial charge on any atom is -0.416 e.